The van der Waals surface area contributed by atoms with E-state index in [2.05, 4.69) is 0 Å². The molecule has 0 amide bonds. The molecule has 0 aliphatic carbocycles. The monoisotopic (exact) mass is 255 g/mol. The maximum Gasteiger partial charge on any atom is 0.303 e. The Balaban J connectivity index is 2.27. The second-order valence-corrected chi connectivity index (χ2v) is 4.62. The highest BCUT2D eigenvalue weighted by atomic mass is 32.2. The number of nitro benzene ring substituents is 1. The molecule has 1 N–H and O–H groups in total. The van der Waals surface area contributed by atoms with Crippen LogP contribution in [-0.4, -0.2) is 21.8 Å². The maximum atomic E-state index is 10.4. The van der Waals surface area contributed by atoms with E-state index in [0.717, 1.165) is 17.1 Å². The van der Waals surface area contributed by atoms with Crippen molar-refractivity contribution in [1.82, 2.24) is 0 Å². The number of non-ortho nitro benzene ring substituents is 1. The first kappa shape index (κ1) is 13.5. The Hall–Kier alpha value is -1.56. The molecule has 0 saturated heterocycles. The molecule has 92 valence electrons. The lowest BCUT2D eigenvalue weighted by atomic mass is 10.2. The van der Waals surface area contributed by atoms with E-state index >= 15 is 0 Å². The molecule has 17 heavy (non-hydrogen) atoms. The SMILES string of the molecule is O=C(O)CCCCSc1ccc([N+](=O)[O-])cc1. The normalized spacial score (nSPS) is 10.1. The van der Waals surface area contributed by atoms with Crippen LogP contribution in [0.4, 0.5) is 5.69 Å². The largest absolute Gasteiger partial charge is 0.481 e. The van der Waals surface area contributed by atoms with Crippen LogP contribution >= 0.6 is 11.8 Å². The zero-order valence-corrected chi connectivity index (χ0v) is 9.98. The van der Waals surface area contributed by atoms with Crippen molar-refractivity contribution >= 4 is 23.4 Å². The van der Waals surface area contributed by atoms with Crippen molar-refractivity contribution in [3.8, 4) is 0 Å². The van der Waals surface area contributed by atoms with Gasteiger partial charge in [0.2, 0.25) is 0 Å². The first-order chi connectivity index (χ1) is 8.09. The van der Waals surface area contributed by atoms with Gasteiger partial charge in [0, 0.05) is 23.4 Å². The number of nitrogens with zero attached hydrogens (tertiary/aromatic N) is 1. The molecule has 0 spiro atoms. The molecule has 0 atom stereocenters. The number of rotatable bonds is 7. The molecule has 0 heterocycles. The Bertz CT molecular complexity index is 391. The Kier molecular flexibility index (Phi) is 5.48. The molecule has 0 unspecified atom stereocenters. The predicted molar refractivity (Wildman–Crippen MR) is 65.3 cm³/mol. The van der Waals surface area contributed by atoms with Crippen LogP contribution in [0.3, 0.4) is 0 Å². The third kappa shape index (κ3) is 5.35. The summed E-state index contributed by atoms with van der Waals surface area (Å²) in [4.78, 5) is 21.2. The van der Waals surface area contributed by atoms with Gasteiger partial charge in [0.15, 0.2) is 0 Å². The van der Waals surface area contributed by atoms with Gasteiger partial charge in [-0.25, -0.2) is 0 Å². The summed E-state index contributed by atoms with van der Waals surface area (Å²) in [6, 6.07) is 6.36. The van der Waals surface area contributed by atoms with Gasteiger partial charge in [0.05, 0.1) is 4.92 Å². The lowest BCUT2D eigenvalue weighted by Gasteiger charge is -2.00. The number of thioether (sulfide) groups is 1. The van der Waals surface area contributed by atoms with Crippen LogP contribution in [0.15, 0.2) is 29.2 Å². The molecule has 1 aromatic rings. The topological polar surface area (TPSA) is 80.4 Å². The molecule has 5 nitrogen and oxygen atoms in total. The highest BCUT2D eigenvalue weighted by Gasteiger charge is 2.04. The smallest absolute Gasteiger partial charge is 0.303 e. The highest BCUT2D eigenvalue weighted by Crippen LogP contribution is 2.22. The molecule has 0 saturated carbocycles. The third-order valence-corrected chi connectivity index (χ3v) is 3.20. The van der Waals surface area contributed by atoms with Crippen molar-refractivity contribution < 1.29 is 14.8 Å². The van der Waals surface area contributed by atoms with Crippen LogP contribution in [0.2, 0.25) is 0 Å². The summed E-state index contributed by atoms with van der Waals surface area (Å²) in [7, 11) is 0. The number of carboxylic acid groups (broad SMARTS) is 1. The summed E-state index contributed by atoms with van der Waals surface area (Å²) in [6.07, 6.45) is 1.68. The van der Waals surface area contributed by atoms with E-state index in [0.29, 0.717) is 6.42 Å². The number of unbranched alkanes of at least 4 members (excludes halogenated alkanes) is 1. The number of benzene rings is 1. The van der Waals surface area contributed by atoms with E-state index in [-0.39, 0.29) is 12.1 Å². The Morgan fingerprint density at radius 3 is 2.47 bits per heavy atom. The van der Waals surface area contributed by atoms with Crippen molar-refractivity contribution in [3.05, 3.63) is 34.4 Å². The van der Waals surface area contributed by atoms with Crippen molar-refractivity contribution in [2.75, 3.05) is 5.75 Å². The molecule has 1 aromatic carbocycles. The van der Waals surface area contributed by atoms with E-state index in [4.69, 9.17) is 5.11 Å². The fourth-order valence-electron chi connectivity index (χ4n) is 1.23. The fraction of sp³-hybridized carbons (Fsp3) is 0.364. The number of hydrogen-bond donors (Lipinski definition) is 1. The van der Waals surface area contributed by atoms with E-state index in [9.17, 15) is 14.9 Å². The van der Waals surface area contributed by atoms with Gasteiger partial charge in [-0.2, -0.15) is 0 Å². The Labute approximate surface area is 103 Å². The standard InChI is InChI=1S/C11H13NO4S/c13-11(14)3-1-2-8-17-10-6-4-9(5-7-10)12(15)16/h4-7H,1-3,8H2,(H,13,14). The summed E-state index contributed by atoms with van der Waals surface area (Å²) in [5, 5.41) is 18.9. The zero-order valence-electron chi connectivity index (χ0n) is 9.17. The van der Waals surface area contributed by atoms with Crippen LogP contribution in [0.1, 0.15) is 19.3 Å². The van der Waals surface area contributed by atoms with Gasteiger partial charge in [-0.05, 0) is 30.7 Å². The average Bonchev–Trinajstić information content (AvgIpc) is 2.29. The van der Waals surface area contributed by atoms with Crippen molar-refractivity contribution in [2.45, 2.75) is 24.2 Å². The minimum absolute atomic E-state index is 0.0835. The van der Waals surface area contributed by atoms with Gasteiger partial charge in [-0.3, -0.25) is 14.9 Å². The molecular weight excluding hydrogens is 242 g/mol. The highest BCUT2D eigenvalue weighted by molar-refractivity contribution is 7.99. The quantitative estimate of drug-likeness (QED) is 0.350. The number of nitro groups is 1. The van der Waals surface area contributed by atoms with E-state index < -0.39 is 10.9 Å². The van der Waals surface area contributed by atoms with Crippen LogP contribution in [-0.2, 0) is 4.79 Å². The van der Waals surface area contributed by atoms with Crippen molar-refractivity contribution in [3.63, 3.8) is 0 Å². The van der Waals surface area contributed by atoms with Crippen molar-refractivity contribution in [1.29, 1.82) is 0 Å². The van der Waals surface area contributed by atoms with Gasteiger partial charge >= 0.3 is 5.97 Å². The average molecular weight is 255 g/mol. The third-order valence-electron chi connectivity index (χ3n) is 2.10. The first-order valence-electron chi connectivity index (χ1n) is 5.18. The molecule has 1 rings (SSSR count). The molecule has 0 aliphatic heterocycles. The van der Waals surface area contributed by atoms with E-state index in [1.54, 1.807) is 23.9 Å². The second kappa shape index (κ2) is 6.90. The number of carboxylic acids is 1. The van der Waals surface area contributed by atoms with Gasteiger partial charge in [0.25, 0.3) is 5.69 Å². The Morgan fingerprint density at radius 2 is 1.94 bits per heavy atom. The molecular formula is C11H13NO4S. The van der Waals surface area contributed by atoms with Crippen LogP contribution in [0.5, 0.6) is 0 Å². The van der Waals surface area contributed by atoms with Gasteiger partial charge in [-0.15, -0.1) is 11.8 Å². The molecule has 0 aliphatic rings. The summed E-state index contributed by atoms with van der Waals surface area (Å²) < 4.78 is 0. The van der Waals surface area contributed by atoms with E-state index in [1.165, 1.54) is 12.1 Å². The van der Waals surface area contributed by atoms with Gasteiger partial charge in [0.1, 0.15) is 0 Å². The lowest BCUT2D eigenvalue weighted by molar-refractivity contribution is -0.384. The minimum Gasteiger partial charge on any atom is -0.481 e. The molecule has 0 bridgehead atoms. The number of aliphatic carboxylic acids is 1. The van der Waals surface area contributed by atoms with Crippen molar-refractivity contribution in [2.24, 2.45) is 0 Å². The molecule has 0 radical (unpaired) electrons. The maximum absolute atomic E-state index is 10.4. The zero-order chi connectivity index (χ0) is 12.7. The molecule has 0 aromatic heterocycles. The minimum atomic E-state index is -0.773. The summed E-state index contributed by atoms with van der Waals surface area (Å²) in [5.74, 6) is 0.0517. The van der Waals surface area contributed by atoms with Gasteiger partial charge < -0.3 is 5.11 Å². The summed E-state index contributed by atoms with van der Waals surface area (Å²) in [5.41, 5.74) is 0.0835. The van der Waals surface area contributed by atoms with Crippen LogP contribution in [0.25, 0.3) is 0 Å². The predicted octanol–water partition coefficient (Wildman–Crippen LogP) is 2.94. The Morgan fingerprint density at radius 1 is 1.29 bits per heavy atom. The van der Waals surface area contributed by atoms with Gasteiger partial charge in [-0.1, -0.05) is 0 Å². The fourth-order valence-corrected chi connectivity index (χ4v) is 2.15. The molecule has 6 heteroatoms. The first-order valence-corrected chi connectivity index (χ1v) is 6.17. The number of hydrogen-bond acceptors (Lipinski definition) is 4. The van der Waals surface area contributed by atoms with Crippen LogP contribution in [0, 0.1) is 10.1 Å². The van der Waals surface area contributed by atoms with Crippen LogP contribution < -0.4 is 0 Å². The summed E-state index contributed by atoms with van der Waals surface area (Å²) >= 11 is 1.58. The lowest BCUT2D eigenvalue weighted by Crippen LogP contribution is -1.94. The number of carbonyl (C=O) groups is 1. The second-order valence-electron chi connectivity index (χ2n) is 3.45. The van der Waals surface area contributed by atoms with E-state index in [1.807, 2.05) is 0 Å². The molecule has 0 fully saturated rings. The summed E-state index contributed by atoms with van der Waals surface area (Å²) in [6.45, 7) is 0.